The SMILES string of the molecule is CC(C)(C)C1CC(=Cc2cccc(O)c2)C(=O)C(=Cc2cccc(O)c2)C1. The smallest absolute Gasteiger partial charge is 0.185 e. The van der Waals surface area contributed by atoms with E-state index in [4.69, 9.17) is 0 Å². The number of phenolic OH excluding ortho intramolecular Hbond substituents is 2. The van der Waals surface area contributed by atoms with E-state index in [0.29, 0.717) is 5.92 Å². The first-order chi connectivity index (χ1) is 12.7. The lowest BCUT2D eigenvalue weighted by molar-refractivity contribution is -0.113. The van der Waals surface area contributed by atoms with Crippen LogP contribution in [0.1, 0.15) is 44.7 Å². The van der Waals surface area contributed by atoms with Crippen molar-refractivity contribution in [3.8, 4) is 11.5 Å². The van der Waals surface area contributed by atoms with Crippen LogP contribution in [0.3, 0.4) is 0 Å². The van der Waals surface area contributed by atoms with Crippen molar-refractivity contribution in [1.29, 1.82) is 0 Å². The molecule has 3 rings (SSSR count). The average Bonchev–Trinajstić information content (AvgIpc) is 2.57. The van der Waals surface area contributed by atoms with Gasteiger partial charge in [-0.25, -0.2) is 0 Å². The van der Waals surface area contributed by atoms with Gasteiger partial charge in [0.2, 0.25) is 0 Å². The molecule has 3 nitrogen and oxygen atoms in total. The molecular weight excluding hydrogens is 336 g/mol. The summed E-state index contributed by atoms with van der Waals surface area (Å²) in [6.07, 6.45) is 5.21. The van der Waals surface area contributed by atoms with Gasteiger partial charge < -0.3 is 10.2 Å². The quantitative estimate of drug-likeness (QED) is 0.685. The summed E-state index contributed by atoms with van der Waals surface area (Å²) in [6.45, 7) is 6.60. The third kappa shape index (κ3) is 4.68. The van der Waals surface area contributed by atoms with Crippen LogP contribution in [0.2, 0.25) is 0 Å². The number of phenols is 2. The van der Waals surface area contributed by atoms with Gasteiger partial charge in [-0.05, 0) is 71.7 Å². The third-order valence-corrected chi connectivity index (χ3v) is 5.16. The van der Waals surface area contributed by atoms with E-state index < -0.39 is 0 Å². The number of carbonyl (C=O) groups excluding carboxylic acids is 1. The van der Waals surface area contributed by atoms with Crippen molar-refractivity contribution in [2.75, 3.05) is 0 Å². The highest BCUT2D eigenvalue weighted by atomic mass is 16.3. The molecule has 0 spiro atoms. The minimum atomic E-state index is 0.0437. The first-order valence-electron chi connectivity index (χ1n) is 9.26. The second kappa shape index (κ2) is 7.43. The Balaban J connectivity index is 2.02. The first kappa shape index (κ1) is 19.0. The molecule has 1 saturated carbocycles. The molecule has 1 aliphatic rings. The molecule has 0 atom stereocenters. The Bertz CT molecular complexity index is 846. The Kier molecular flexibility index (Phi) is 5.22. The van der Waals surface area contributed by atoms with Gasteiger partial charge in [0.05, 0.1) is 0 Å². The normalized spacial score (nSPS) is 21.0. The summed E-state index contributed by atoms with van der Waals surface area (Å²) < 4.78 is 0. The van der Waals surface area contributed by atoms with Crippen molar-refractivity contribution < 1.29 is 15.0 Å². The number of ketones is 1. The van der Waals surface area contributed by atoms with Crippen molar-refractivity contribution in [2.45, 2.75) is 33.6 Å². The average molecular weight is 362 g/mol. The van der Waals surface area contributed by atoms with Gasteiger partial charge in [-0.1, -0.05) is 45.0 Å². The minimum Gasteiger partial charge on any atom is -0.508 e. The van der Waals surface area contributed by atoms with Crippen LogP contribution in [-0.2, 0) is 4.79 Å². The summed E-state index contributed by atoms with van der Waals surface area (Å²) in [5, 5.41) is 19.4. The van der Waals surface area contributed by atoms with Crippen molar-refractivity contribution in [3.63, 3.8) is 0 Å². The summed E-state index contributed by atoms with van der Waals surface area (Å²) in [6, 6.07) is 13.9. The molecule has 0 aliphatic heterocycles. The van der Waals surface area contributed by atoms with Gasteiger partial charge in [-0.3, -0.25) is 4.79 Å². The van der Waals surface area contributed by atoms with Crippen molar-refractivity contribution in [1.82, 2.24) is 0 Å². The lowest BCUT2D eigenvalue weighted by Crippen LogP contribution is -2.29. The molecule has 1 fully saturated rings. The van der Waals surface area contributed by atoms with Crippen molar-refractivity contribution in [3.05, 3.63) is 70.8 Å². The number of Topliss-reactive ketones (excluding diaryl/α,β-unsaturated/α-hetero) is 1. The van der Waals surface area contributed by atoms with Gasteiger partial charge >= 0.3 is 0 Å². The minimum absolute atomic E-state index is 0.0437. The van der Waals surface area contributed by atoms with Crippen LogP contribution in [0.15, 0.2) is 59.7 Å². The Morgan fingerprint density at radius 2 is 1.30 bits per heavy atom. The lowest BCUT2D eigenvalue weighted by Gasteiger charge is -2.35. The van der Waals surface area contributed by atoms with Gasteiger partial charge in [0.25, 0.3) is 0 Å². The molecular formula is C24H26O3. The molecule has 2 N–H and O–H groups in total. The molecule has 3 heteroatoms. The molecule has 0 bridgehead atoms. The number of benzene rings is 2. The van der Waals surface area contributed by atoms with Crippen molar-refractivity contribution >= 4 is 17.9 Å². The number of hydrogen-bond acceptors (Lipinski definition) is 3. The number of carbonyl (C=O) groups is 1. The third-order valence-electron chi connectivity index (χ3n) is 5.16. The lowest BCUT2D eigenvalue weighted by atomic mass is 9.68. The van der Waals surface area contributed by atoms with Gasteiger partial charge in [-0.2, -0.15) is 0 Å². The van der Waals surface area contributed by atoms with E-state index in [1.807, 2.05) is 24.3 Å². The first-order valence-corrected chi connectivity index (χ1v) is 9.26. The van der Waals surface area contributed by atoms with Crippen molar-refractivity contribution in [2.24, 2.45) is 11.3 Å². The standard InChI is InChI=1S/C24H26O3/c1-24(2,3)20-14-18(10-16-6-4-8-21(25)12-16)23(27)19(15-20)11-17-7-5-9-22(26)13-17/h4-13,20,25-26H,14-15H2,1-3H3. The zero-order valence-electron chi connectivity index (χ0n) is 16.1. The highest BCUT2D eigenvalue weighted by Crippen LogP contribution is 2.42. The van der Waals surface area contributed by atoms with E-state index in [2.05, 4.69) is 20.8 Å². The predicted octanol–water partition coefficient (Wildman–Crippen LogP) is 5.59. The molecule has 0 radical (unpaired) electrons. The van der Waals surface area contributed by atoms with E-state index in [-0.39, 0.29) is 22.7 Å². The summed E-state index contributed by atoms with van der Waals surface area (Å²) in [7, 11) is 0. The number of aromatic hydroxyl groups is 2. The van der Waals surface area contributed by atoms with E-state index in [0.717, 1.165) is 35.1 Å². The van der Waals surface area contributed by atoms with E-state index >= 15 is 0 Å². The summed E-state index contributed by atoms with van der Waals surface area (Å²) >= 11 is 0. The van der Waals surface area contributed by atoms with Crippen LogP contribution in [-0.4, -0.2) is 16.0 Å². The van der Waals surface area contributed by atoms with Gasteiger partial charge in [0, 0.05) is 11.1 Å². The van der Waals surface area contributed by atoms with E-state index in [9.17, 15) is 15.0 Å². The van der Waals surface area contributed by atoms with E-state index in [1.54, 1.807) is 36.4 Å². The maximum atomic E-state index is 13.1. The van der Waals surface area contributed by atoms with Crippen LogP contribution in [0.25, 0.3) is 12.2 Å². The Labute approximate surface area is 160 Å². The van der Waals surface area contributed by atoms with E-state index in [1.165, 1.54) is 0 Å². The molecule has 0 unspecified atom stereocenters. The summed E-state index contributed by atoms with van der Waals surface area (Å²) in [5.41, 5.74) is 3.24. The van der Waals surface area contributed by atoms with Gasteiger partial charge in [-0.15, -0.1) is 0 Å². The van der Waals surface area contributed by atoms with Gasteiger partial charge in [0.15, 0.2) is 5.78 Å². The van der Waals surface area contributed by atoms with Crippen LogP contribution in [0, 0.1) is 11.3 Å². The maximum Gasteiger partial charge on any atom is 0.185 e. The van der Waals surface area contributed by atoms with Gasteiger partial charge in [0.1, 0.15) is 11.5 Å². The highest BCUT2D eigenvalue weighted by Gasteiger charge is 2.34. The fraction of sp³-hybridized carbons (Fsp3) is 0.292. The fourth-order valence-corrected chi connectivity index (χ4v) is 3.49. The molecule has 0 heterocycles. The monoisotopic (exact) mass is 362 g/mol. The topological polar surface area (TPSA) is 57.5 Å². The molecule has 2 aromatic carbocycles. The second-order valence-corrected chi connectivity index (χ2v) is 8.33. The number of allylic oxidation sites excluding steroid dienone is 2. The highest BCUT2D eigenvalue weighted by molar-refractivity contribution is 6.14. The molecule has 1 aliphatic carbocycles. The Morgan fingerprint density at radius 3 is 1.67 bits per heavy atom. The molecule has 0 amide bonds. The van der Waals surface area contributed by atoms with Crippen LogP contribution in [0.5, 0.6) is 11.5 Å². The summed E-state index contributed by atoms with van der Waals surface area (Å²) in [5.74, 6) is 0.760. The number of rotatable bonds is 2. The Morgan fingerprint density at radius 1 is 0.852 bits per heavy atom. The molecule has 27 heavy (non-hydrogen) atoms. The largest absolute Gasteiger partial charge is 0.508 e. The molecule has 0 saturated heterocycles. The predicted molar refractivity (Wildman–Crippen MR) is 109 cm³/mol. The molecule has 140 valence electrons. The second-order valence-electron chi connectivity index (χ2n) is 8.33. The van der Waals surface area contributed by atoms with Crippen LogP contribution < -0.4 is 0 Å². The summed E-state index contributed by atoms with van der Waals surface area (Å²) in [4.78, 5) is 13.1. The molecule has 0 aromatic heterocycles. The molecule has 2 aromatic rings. The zero-order chi connectivity index (χ0) is 19.6. The maximum absolute atomic E-state index is 13.1. The Hall–Kier alpha value is -2.81. The zero-order valence-corrected chi connectivity index (χ0v) is 16.1. The van der Waals surface area contributed by atoms with Crippen LogP contribution >= 0.6 is 0 Å². The van der Waals surface area contributed by atoms with Crippen LogP contribution in [0.4, 0.5) is 0 Å². The number of hydrogen-bond donors (Lipinski definition) is 2. The fourth-order valence-electron chi connectivity index (χ4n) is 3.49.